The number of hydrogen-bond donors (Lipinski definition) is 1. The van der Waals surface area contributed by atoms with Gasteiger partial charge in [-0.15, -0.1) is 0 Å². The standard InChI is InChI=1S/C28H28N2O5/c1-3-34-28(33)26-19(2)30(25(31)16-24(26)21-8-5-4-6-9-21)18-20-11-13-22(14-12-20)27(32)29-17-23-10-7-15-35-23/h4-15,24H,3,16-18H2,1-2H3,(H,29,32). The molecule has 35 heavy (non-hydrogen) atoms. The Morgan fingerprint density at radius 1 is 1.06 bits per heavy atom. The first-order valence-corrected chi connectivity index (χ1v) is 11.6. The van der Waals surface area contributed by atoms with E-state index in [1.807, 2.05) is 42.5 Å². The van der Waals surface area contributed by atoms with E-state index in [1.165, 1.54) is 0 Å². The predicted octanol–water partition coefficient (Wildman–Crippen LogP) is 4.56. The molecule has 4 rings (SSSR count). The number of hydrogen-bond acceptors (Lipinski definition) is 5. The van der Waals surface area contributed by atoms with Crippen LogP contribution in [0.5, 0.6) is 0 Å². The Hall–Kier alpha value is -4.13. The van der Waals surface area contributed by atoms with Crippen molar-refractivity contribution in [2.45, 2.75) is 39.3 Å². The molecule has 0 saturated heterocycles. The van der Waals surface area contributed by atoms with Gasteiger partial charge in [0.25, 0.3) is 5.91 Å². The Morgan fingerprint density at radius 3 is 2.46 bits per heavy atom. The fourth-order valence-electron chi connectivity index (χ4n) is 4.27. The van der Waals surface area contributed by atoms with Crippen molar-refractivity contribution in [3.8, 4) is 0 Å². The summed E-state index contributed by atoms with van der Waals surface area (Å²) < 4.78 is 10.6. The van der Waals surface area contributed by atoms with E-state index in [0.29, 0.717) is 35.7 Å². The van der Waals surface area contributed by atoms with E-state index in [9.17, 15) is 14.4 Å². The van der Waals surface area contributed by atoms with Crippen molar-refractivity contribution in [2.24, 2.45) is 0 Å². The highest BCUT2D eigenvalue weighted by molar-refractivity contribution is 5.96. The molecule has 1 N–H and O–H groups in total. The zero-order chi connectivity index (χ0) is 24.8. The normalized spacial score (nSPS) is 15.8. The minimum atomic E-state index is -0.403. The molecule has 0 aliphatic carbocycles. The number of nitrogens with one attached hydrogen (secondary N) is 1. The molecule has 1 aliphatic heterocycles. The van der Waals surface area contributed by atoms with Crippen molar-refractivity contribution in [1.82, 2.24) is 10.2 Å². The van der Waals surface area contributed by atoms with Crippen LogP contribution < -0.4 is 5.32 Å². The third-order valence-electron chi connectivity index (χ3n) is 6.08. The van der Waals surface area contributed by atoms with E-state index < -0.39 is 5.97 Å². The monoisotopic (exact) mass is 472 g/mol. The Kier molecular flexibility index (Phi) is 7.45. The largest absolute Gasteiger partial charge is 0.467 e. The lowest BCUT2D eigenvalue weighted by Crippen LogP contribution is -2.38. The van der Waals surface area contributed by atoms with Gasteiger partial charge in [0.1, 0.15) is 5.76 Å². The van der Waals surface area contributed by atoms with Crippen LogP contribution in [-0.4, -0.2) is 29.3 Å². The summed E-state index contributed by atoms with van der Waals surface area (Å²) in [6.45, 7) is 4.41. The number of carbonyl (C=O) groups excluding carboxylic acids is 3. The molecule has 0 spiro atoms. The Bertz CT molecular complexity index is 1210. The van der Waals surface area contributed by atoms with Gasteiger partial charge in [-0.3, -0.25) is 9.59 Å². The summed E-state index contributed by atoms with van der Waals surface area (Å²) in [6.07, 6.45) is 1.74. The maximum Gasteiger partial charge on any atom is 0.336 e. The van der Waals surface area contributed by atoms with Crippen LogP contribution >= 0.6 is 0 Å². The summed E-state index contributed by atoms with van der Waals surface area (Å²) in [4.78, 5) is 40.1. The van der Waals surface area contributed by atoms with E-state index >= 15 is 0 Å². The van der Waals surface area contributed by atoms with Gasteiger partial charge in [-0.05, 0) is 49.2 Å². The number of ether oxygens (including phenoxy) is 1. The molecule has 0 bridgehead atoms. The summed E-state index contributed by atoms with van der Waals surface area (Å²) in [5, 5.41) is 2.81. The highest BCUT2D eigenvalue weighted by Gasteiger charge is 2.36. The maximum absolute atomic E-state index is 13.2. The average molecular weight is 473 g/mol. The summed E-state index contributed by atoms with van der Waals surface area (Å²) in [6, 6.07) is 20.2. The van der Waals surface area contributed by atoms with Gasteiger partial charge in [-0.1, -0.05) is 42.5 Å². The topological polar surface area (TPSA) is 88.8 Å². The number of amides is 2. The van der Waals surface area contributed by atoms with Crippen LogP contribution in [0.25, 0.3) is 0 Å². The first kappa shape index (κ1) is 24.0. The van der Waals surface area contributed by atoms with Crippen molar-refractivity contribution in [2.75, 3.05) is 6.61 Å². The molecule has 7 heteroatoms. The summed E-state index contributed by atoms with van der Waals surface area (Å²) >= 11 is 0. The molecule has 2 aromatic carbocycles. The number of nitrogens with zero attached hydrogens (tertiary/aromatic N) is 1. The molecule has 1 aromatic heterocycles. The van der Waals surface area contributed by atoms with Crippen molar-refractivity contribution >= 4 is 17.8 Å². The molecule has 180 valence electrons. The first-order valence-electron chi connectivity index (χ1n) is 11.6. The van der Waals surface area contributed by atoms with E-state index in [1.54, 1.807) is 49.3 Å². The lowest BCUT2D eigenvalue weighted by atomic mass is 9.83. The van der Waals surface area contributed by atoms with Gasteiger partial charge in [0.15, 0.2) is 0 Å². The van der Waals surface area contributed by atoms with Gasteiger partial charge >= 0.3 is 5.97 Å². The number of carbonyl (C=O) groups is 3. The molecule has 1 atom stereocenters. The molecular formula is C28H28N2O5. The molecular weight excluding hydrogens is 444 g/mol. The highest BCUT2D eigenvalue weighted by Crippen LogP contribution is 2.37. The Morgan fingerprint density at radius 2 is 1.80 bits per heavy atom. The van der Waals surface area contributed by atoms with Gasteiger partial charge < -0.3 is 19.4 Å². The molecule has 0 fully saturated rings. The second kappa shape index (κ2) is 10.9. The van der Waals surface area contributed by atoms with E-state index in [0.717, 1.165) is 11.1 Å². The number of esters is 1. The smallest absolute Gasteiger partial charge is 0.336 e. The molecule has 0 radical (unpaired) electrons. The van der Waals surface area contributed by atoms with E-state index in [4.69, 9.17) is 9.15 Å². The van der Waals surface area contributed by atoms with Crippen molar-refractivity contribution < 1.29 is 23.5 Å². The molecule has 3 aromatic rings. The van der Waals surface area contributed by atoms with Crippen LogP contribution in [0.4, 0.5) is 0 Å². The van der Waals surface area contributed by atoms with Crippen molar-refractivity contribution in [1.29, 1.82) is 0 Å². The summed E-state index contributed by atoms with van der Waals surface area (Å²) in [7, 11) is 0. The molecule has 1 unspecified atom stereocenters. The van der Waals surface area contributed by atoms with E-state index in [-0.39, 0.29) is 30.8 Å². The van der Waals surface area contributed by atoms with Gasteiger partial charge in [0.05, 0.1) is 31.5 Å². The number of benzene rings is 2. The molecule has 2 heterocycles. The maximum atomic E-state index is 13.2. The Balaban J connectivity index is 1.52. The van der Waals surface area contributed by atoms with Crippen LogP contribution in [0, 0.1) is 0 Å². The summed E-state index contributed by atoms with van der Waals surface area (Å²) in [5.74, 6) is -0.357. The van der Waals surface area contributed by atoms with Gasteiger partial charge in [0.2, 0.25) is 5.91 Å². The summed E-state index contributed by atoms with van der Waals surface area (Å²) in [5.41, 5.74) is 3.36. The zero-order valence-electron chi connectivity index (χ0n) is 19.8. The van der Waals surface area contributed by atoms with Crippen molar-refractivity contribution in [3.05, 3.63) is 107 Å². The quantitative estimate of drug-likeness (QED) is 0.486. The van der Waals surface area contributed by atoms with Gasteiger partial charge in [0, 0.05) is 23.6 Å². The van der Waals surface area contributed by atoms with Crippen LogP contribution in [0.2, 0.25) is 0 Å². The average Bonchev–Trinajstić information content (AvgIpc) is 3.39. The second-order valence-corrected chi connectivity index (χ2v) is 8.33. The van der Waals surface area contributed by atoms with Crippen molar-refractivity contribution in [3.63, 3.8) is 0 Å². The Labute approximate surface area is 204 Å². The number of furan rings is 1. The first-order chi connectivity index (χ1) is 17.0. The SMILES string of the molecule is CCOC(=O)C1=C(C)N(Cc2ccc(C(=O)NCc3ccco3)cc2)C(=O)CC1c1ccccc1. The van der Waals surface area contributed by atoms with Crippen LogP contribution in [0.3, 0.4) is 0 Å². The van der Waals surface area contributed by atoms with Gasteiger partial charge in [-0.2, -0.15) is 0 Å². The fraction of sp³-hybridized carbons (Fsp3) is 0.250. The number of rotatable bonds is 8. The number of allylic oxidation sites excluding steroid dienone is 1. The fourth-order valence-corrected chi connectivity index (χ4v) is 4.27. The lowest BCUT2D eigenvalue weighted by Gasteiger charge is -2.34. The highest BCUT2D eigenvalue weighted by atomic mass is 16.5. The van der Waals surface area contributed by atoms with Gasteiger partial charge in [-0.25, -0.2) is 4.79 Å². The molecule has 0 saturated carbocycles. The van der Waals surface area contributed by atoms with Crippen LogP contribution in [-0.2, 0) is 27.4 Å². The second-order valence-electron chi connectivity index (χ2n) is 8.33. The molecule has 7 nitrogen and oxygen atoms in total. The molecule has 1 aliphatic rings. The minimum Gasteiger partial charge on any atom is -0.467 e. The zero-order valence-corrected chi connectivity index (χ0v) is 19.8. The minimum absolute atomic E-state index is 0.0651. The predicted molar refractivity (Wildman–Crippen MR) is 130 cm³/mol. The molecule has 2 amide bonds. The lowest BCUT2D eigenvalue weighted by molar-refractivity contribution is -0.140. The van der Waals surface area contributed by atoms with Crippen LogP contribution in [0.1, 0.15) is 53.4 Å². The third-order valence-corrected chi connectivity index (χ3v) is 6.08. The van der Waals surface area contributed by atoms with E-state index in [2.05, 4.69) is 5.32 Å². The van der Waals surface area contributed by atoms with Crippen LogP contribution in [0.15, 0.2) is 88.7 Å². The third kappa shape index (κ3) is 5.51.